The van der Waals surface area contributed by atoms with Crippen molar-refractivity contribution in [2.45, 2.75) is 17.5 Å². The average Bonchev–Trinajstić information content (AvgIpc) is 2.63. The molecule has 3 rings (SSSR count). The van der Waals surface area contributed by atoms with Gasteiger partial charge in [-0.1, -0.05) is 23.7 Å². The van der Waals surface area contributed by atoms with Crippen LogP contribution in [0.1, 0.15) is 11.6 Å². The van der Waals surface area contributed by atoms with E-state index in [4.69, 9.17) is 17.3 Å². The summed E-state index contributed by atoms with van der Waals surface area (Å²) in [6.07, 6.45) is 0.994. The van der Waals surface area contributed by atoms with Gasteiger partial charge in [0.25, 0.3) is 5.91 Å². The van der Waals surface area contributed by atoms with Crippen molar-refractivity contribution < 1.29 is 27.9 Å². The van der Waals surface area contributed by atoms with E-state index in [2.05, 4.69) is 10.0 Å². The molecule has 29 heavy (non-hydrogen) atoms. The van der Waals surface area contributed by atoms with Crippen molar-refractivity contribution in [2.24, 2.45) is 5.73 Å². The minimum absolute atomic E-state index is 0.0590. The Bertz CT molecular complexity index is 1030. The highest BCUT2D eigenvalue weighted by atomic mass is 35.5. The largest absolute Gasteiger partial charge is 0.477 e. The van der Waals surface area contributed by atoms with E-state index >= 15 is 0 Å². The number of β-lactam (4-membered cyclic amide) rings is 1. The number of amides is 2. The fourth-order valence-electron chi connectivity index (χ4n) is 2.99. The summed E-state index contributed by atoms with van der Waals surface area (Å²) in [6.45, 7) is 0. The number of nitrogens with one attached hydrogen (secondary N) is 2. The van der Waals surface area contributed by atoms with Gasteiger partial charge in [-0.25, -0.2) is 13.2 Å². The van der Waals surface area contributed by atoms with Crippen LogP contribution >= 0.6 is 23.4 Å². The lowest BCUT2D eigenvalue weighted by Crippen LogP contribution is -2.70. The molecule has 1 fully saturated rings. The molecule has 5 N–H and O–H groups in total. The van der Waals surface area contributed by atoms with Gasteiger partial charge in [0, 0.05) is 11.4 Å². The van der Waals surface area contributed by atoms with Gasteiger partial charge in [0.2, 0.25) is 15.9 Å². The number of carboxylic acid groups (broad SMARTS) is 1. The molecule has 1 saturated heterocycles. The van der Waals surface area contributed by atoms with Crippen molar-refractivity contribution in [2.75, 3.05) is 16.7 Å². The maximum atomic E-state index is 12.5. The molecule has 1 aromatic carbocycles. The number of anilines is 1. The number of carbonyl (C=O) groups excluding carboxylic acids is 2. The molecule has 2 aliphatic rings. The number of carboxylic acids is 1. The number of nitrogens with zero attached hydrogens (tertiary/aromatic N) is 1. The second kappa shape index (κ2) is 7.86. The zero-order chi connectivity index (χ0) is 21.5. The van der Waals surface area contributed by atoms with E-state index in [9.17, 15) is 27.9 Å². The van der Waals surface area contributed by atoms with Crippen LogP contribution in [-0.2, 0) is 24.4 Å². The molecule has 0 aromatic heterocycles. The van der Waals surface area contributed by atoms with Crippen LogP contribution in [0.25, 0.3) is 0 Å². The first-order chi connectivity index (χ1) is 13.5. The van der Waals surface area contributed by atoms with Crippen LogP contribution in [0.5, 0.6) is 0 Å². The number of rotatable bonds is 6. The lowest BCUT2D eigenvalue weighted by molar-refractivity contribution is -0.150. The Labute approximate surface area is 175 Å². The second-order valence-electron chi connectivity index (χ2n) is 6.43. The molecule has 3 atom stereocenters. The molecule has 0 saturated carbocycles. The van der Waals surface area contributed by atoms with Gasteiger partial charge in [0.05, 0.1) is 11.3 Å². The predicted molar refractivity (Wildman–Crippen MR) is 107 cm³/mol. The molecular formula is C16H17ClN4O6S2. The summed E-state index contributed by atoms with van der Waals surface area (Å²) in [5.41, 5.74) is 6.26. The maximum absolute atomic E-state index is 12.5. The molecular weight excluding hydrogens is 444 g/mol. The first-order valence-corrected chi connectivity index (χ1v) is 11.5. The van der Waals surface area contributed by atoms with Crippen LogP contribution in [0.3, 0.4) is 0 Å². The van der Waals surface area contributed by atoms with Gasteiger partial charge in [0.1, 0.15) is 23.2 Å². The number of hydrogen-bond donors (Lipinski definition) is 4. The minimum Gasteiger partial charge on any atom is -0.477 e. The monoisotopic (exact) mass is 460 g/mol. The van der Waals surface area contributed by atoms with Crippen molar-refractivity contribution >= 4 is 56.9 Å². The summed E-state index contributed by atoms with van der Waals surface area (Å²) >= 11 is 7.14. The van der Waals surface area contributed by atoms with Crippen LogP contribution in [-0.4, -0.2) is 59.6 Å². The van der Waals surface area contributed by atoms with Gasteiger partial charge in [-0.05, 0) is 17.7 Å². The quantitative estimate of drug-likeness (QED) is 0.431. The number of fused-ring (bicyclic) bond motifs is 1. The lowest BCUT2D eigenvalue weighted by atomic mass is 10.0. The Morgan fingerprint density at radius 2 is 2.10 bits per heavy atom. The molecule has 0 radical (unpaired) electrons. The molecule has 0 bridgehead atoms. The van der Waals surface area contributed by atoms with E-state index in [1.165, 1.54) is 30.0 Å². The van der Waals surface area contributed by atoms with E-state index in [1.54, 1.807) is 6.07 Å². The number of thioether (sulfide) groups is 1. The Morgan fingerprint density at radius 1 is 1.41 bits per heavy atom. The van der Waals surface area contributed by atoms with Gasteiger partial charge in [0.15, 0.2) is 0 Å². The van der Waals surface area contributed by atoms with Crippen LogP contribution in [0.2, 0.25) is 0 Å². The molecule has 10 nitrogen and oxygen atoms in total. The minimum atomic E-state index is -3.50. The smallest absolute Gasteiger partial charge is 0.353 e. The van der Waals surface area contributed by atoms with Crippen molar-refractivity contribution in [3.63, 3.8) is 0 Å². The first-order valence-electron chi connectivity index (χ1n) is 8.20. The normalized spacial score (nSPS) is 22.4. The average molecular weight is 461 g/mol. The first kappa shape index (κ1) is 21.4. The number of hydrogen-bond acceptors (Lipinski definition) is 7. The van der Waals surface area contributed by atoms with Gasteiger partial charge in [-0.3, -0.25) is 19.2 Å². The van der Waals surface area contributed by atoms with Crippen LogP contribution in [0, 0.1) is 0 Å². The fraction of sp³-hybridized carbons (Fsp3) is 0.312. The molecule has 2 heterocycles. The van der Waals surface area contributed by atoms with Crippen LogP contribution in [0.15, 0.2) is 35.0 Å². The Balaban J connectivity index is 1.71. The zero-order valence-electron chi connectivity index (χ0n) is 15.0. The number of carbonyl (C=O) groups is 3. The van der Waals surface area contributed by atoms with E-state index in [0.717, 1.165) is 11.2 Å². The van der Waals surface area contributed by atoms with Gasteiger partial charge in [-0.2, -0.15) is 0 Å². The Kier molecular flexibility index (Phi) is 5.81. The van der Waals surface area contributed by atoms with Gasteiger partial charge >= 0.3 is 5.97 Å². The van der Waals surface area contributed by atoms with E-state index < -0.39 is 45.3 Å². The standard InChI is InChI=1S/C16H17ClN4O6S2/c1-29(26,27)20-8-4-2-3-7(5-8)10(18)13(22)19-11-14(23)21-12(16(24)25)9(17)6-28-15(11)21/h2-5,10-11,15,20H,6,18H2,1H3,(H,19,22)(H,24,25)/t10?,11-,15-/m1/s1. The summed E-state index contributed by atoms with van der Waals surface area (Å²) in [5, 5.41) is 11.3. The molecule has 156 valence electrons. The molecule has 2 aliphatic heterocycles. The van der Waals surface area contributed by atoms with Crippen molar-refractivity contribution in [1.29, 1.82) is 0 Å². The molecule has 13 heteroatoms. The van der Waals surface area contributed by atoms with Crippen molar-refractivity contribution in [3.05, 3.63) is 40.6 Å². The molecule has 0 aliphatic carbocycles. The number of nitrogens with two attached hydrogens (primary N) is 1. The topological polar surface area (TPSA) is 159 Å². The Morgan fingerprint density at radius 3 is 2.72 bits per heavy atom. The highest BCUT2D eigenvalue weighted by Gasteiger charge is 2.54. The third-order valence-electron chi connectivity index (χ3n) is 4.25. The summed E-state index contributed by atoms with van der Waals surface area (Å²) in [6, 6.07) is 3.91. The summed E-state index contributed by atoms with van der Waals surface area (Å²) in [5.74, 6) is -2.36. The SMILES string of the molecule is CS(=O)(=O)Nc1cccc(C(N)C(=O)N[C@@H]2C(=O)N3C(C(=O)O)=C(Cl)CS[C@H]23)c1. The van der Waals surface area contributed by atoms with Crippen molar-refractivity contribution in [1.82, 2.24) is 10.2 Å². The zero-order valence-corrected chi connectivity index (χ0v) is 17.3. The number of benzene rings is 1. The summed E-state index contributed by atoms with van der Waals surface area (Å²) < 4.78 is 25.0. The molecule has 1 aromatic rings. The lowest BCUT2D eigenvalue weighted by Gasteiger charge is -2.48. The van der Waals surface area contributed by atoms with Crippen LogP contribution in [0.4, 0.5) is 5.69 Å². The summed E-state index contributed by atoms with van der Waals surface area (Å²) in [7, 11) is -3.50. The molecule has 2 amide bonds. The molecule has 0 spiro atoms. The highest BCUT2D eigenvalue weighted by molar-refractivity contribution is 8.00. The predicted octanol–water partition coefficient (Wildman–Crippen LogP) is -0.00720. The van der Waals surface area contributed by atoms with E-state index in [0.29, 0.717) is 5.56 Å². The summed E-state index contributed by atoms with van der Waals surface area (Å²) in [4.78, 5) is 37.3. The van der Waals surface area contributed by atoms with Gasteiger partial charge in [-0.15, -0.1) is 11.8 Å². The highest BCUT2D eigenvalue weighted by Crippen LogP contribution is 2.41. The van der Waals surface area contributed by atoms with Crippen LogP contribution < -0.4 is 15.8 Å². The van der Waals surface area contributed by atoms with Gasteiger partial charge < -0.3 is 16.2 Å². The number of sulfonamides is 1. The maximum Gasteiger partial charge on any atom is 0.353 e. The third kappa shape index (κ3) is 4.34. The molecule has 1 unspecified atom stereocenters. The van der Waals surface area contributed by atoms with E-state index in [1.807, 2.05) is 0 Å². The number of halogens is 1. The fourth-order valence-corrected chi connectivity index (χ4v) is 5.09. The second-order valence-corrected chi connectivity index (χ2v) is 9.74. The van der Waals surface area contributed by atoms with Crippen molar-refractivity contribution in [3.8, 4) is 0 Å². The van der Waals surface area contributed by atoms with E-state index in [-0.39, 0.29) is 22.2 Å². The number of aliphatic carboxylic acids is 1. The third-order valence-corrected chi connectivity index (χ3v) is 6.61. The Hall–Kier alpha value is -2.28.